The summed E-state index contributed by atoms with van der Waals surface area (Å²) in [4.78, 5) is 0. The van der Waals surface area contributed by atoms with Crippen LogP contribution in [0, 0.1) is 6.43 Å². The van der Waals surface area contributed by atoms with Crippen molar-refractivity contribution in [1.29, 1.82) is 0 Å². The van der Waals surface area contributed by atoms with E-state index >= 15 is 0 Å². The average Bonchev–Trinajstić information content (AvgIpc) is 2.03. The van der Waals surface area contributed by atoms with Gasteiger partial charge in [-0.1, -0.05) is 6.07 Å². The van der Waals surface area contributed by atoms with Crippen molar-refractivity contribution in [2.45, 2.75) is 6.18 Å². The van der Waals surface area contributed by atoms with Crippen molar-refractivity contribution in [1.82, 2.24) is 0 Å². The van der Waals surface area contributed by atoms with Crippen LogP contribution in [0.3, 0.4) is 0 Å². The van der Waals surface area contributed by atoms with Gasteiger partial charge in [-0.25, -0.2) is 0 Å². The van der Waals surface area contributed by atoms with E-state index < -0.39 is 23.7 Å². The number of halogens is 5. The summed E-state index contributed by atoms with van der Waals surface area (Å²) in [6.45, 7) is 0. The van der Waals surface area contributed by atoms with Gasteiger partial charge in [-0.15, -0.1) is 17.7 Å². The zero-order chi connectivity index (χ0) is 10.1. The van der Waals surface area contributed by atoms with Gasteiger partial charge in [-0.3, -0.25) is 8.78 Å². The molecule has 0 atom stereocenters. The van der Waals surface area contributed by atoms with Crippen LogP contribution in [-0.4, -0.2) is 0 Å². The molecule has 5 heteroatoms. The summed E-state index contributed by atoms with van der Waals surface area (Å²) in [6, 6.07) is 3.02. The van der Waals surface area contributed by atoms with E-state index in [0.29, 0.717) is 6.07 Å². The molecule has 1 rings (SSSR count). The van der Waals surface area contributed by atoms with Crippen LogP contribution in [0.25, 0.3) is 0 Å². The fourth-order valence-electron chi connectivity index (χ4n) is 0.813. The molecule has 0 unspecified atom stereocenters. The fraction of sp³-hybridized carbons (Fsp3) is 0.125. The highest BCUT2D eigenvalue weighted by Gasteiger charge is 2.28. The minimum absolute atomic E-state index is 0.412. The highest BCUT2D eigenvalue weighted by atomic mass is 19.4. The van der Waals surface area contributed by atoms with Crippen molar-refractivity contribution >= 4 is 0 Å². The Bertz CT molecular complexity index is 289. The standard InChI is InChI=1S/C8H4F5/c9-7(10)5-2-1-3-6(4-5)8(11,12)13/h1-4H/q-1. The topological polar surface area (TPSA) is 0 Å². The van der Waals surface area contributed by atoms with Crippen LogP contribution in [0.1, 0.15) is 11.1 Å². The molecular weight excluding hydrogens is 191 g/mol. The summed E-state index contributed by atoms with van der Waals surface area (Å²) in [5.74, 6) is 0. The van der Waals surface area contributed by atoms with Crippen molar-refractivity contribution in [2.24, 2.45) is 0 Å². The first-order chi connectivity index (χ1) is 5.91. The van der Waals surface area contributed by atoms with E-state index in [1.807, 2.05) is 0 Å². The lowest BCUT2D eigenvalue weighted by molar-refractivity contribution is -0.137. The highest BCUT2D eigenvalue weighted by molar-refractivity contribution is 5.30. The summed E-state index contributed by atoms with van der Waals surface area (Å²) in [5, 5.41) is 0. The lowest BCUT2D eigenvalue weighted by Crippen LogP contribution is -2.05. The molecule has 0 fully saturated rings. The molecule has 1 aromatic carbocycles. The molecule has 0 radical (unpaired) electrons. The molecule has 72 valence electrons. The molecule has 0 nitrogen and oxygen atoms in total. The molecule has 0 saturated heterocycles. The molecular formula is C8H4F5-. The lowest BCUT2D eigenvalue weighted by Gasteiger charge is -2.13. The van der Waals surface area contributed by atoms with E-state index in [2.05, 4.69) is 0 Å². The third-order valence-electron chi connectivity index (χ3n) is 1.41. The Morgan fingerprint density at radius 1 is 1.08 bits per heavy atom. The minimum Gasteiger partial charge on any atom is -0.251 e. The number of hydrogen-bond donors (Lipinski definition) is 0. The van der Waals surface area contributed by atoms with Crippen LogP contribution in [0.2, 0.25) is 0 Å². The van der Waals surface area contributed by atoms with Gasteiger partial charge in [0, 0.05) is 0 Å². The van der Waals surface area contributed by atoms with Crippen LogP contribution in [0.4, 0.5) is 22.0 Å². The third-order valence-corrected chi connectivity index (χ3v) is 1.41. The van der Waals surface area contributed by atoms with Crippen molar-refractivity contribution < 1.29 is 22.0 Å². The monoisotopic (exact) mass is 195 g/mol. The molecule has 1 aromatic rings. The zero-order valence-electron chi connectivity index (χ0n) is 6.20. The molecule has 0 amide bonds. The van der Waals surface area contributed by atoms with Gasteiger partial charge >= 0.3 is 6.18 Å². The van der Waals surface area contributed by atoms with Crippen molar-refractivity contribution in [3.8, 4) is 0 Å². The molecule has 0 aliphatic heterocycles. The second-order valence-corrected chi connectivity index (χ2v) is 2.34. The van der Waals surface area contributed by atoms with Gasteiger partial charge in [0.1, 0.15) is 0 Å². The first-order valence-corrected chi connectivity index (χ1v) is 3.27. The molecule has 0 aromatic heterocycles. The number of benzene rings is 1. The van der Waals surface area contributed by atoms with E-state index in [1.54, 1.807) is 0 Å². The van der Waals surface area contributed by atoms with Crippen LogP contribution >= 0.6 is 0 Å². The maximum absolute atomic E-state index is 12.0. The summed E-state index contributed by atoms with van der Waals surface area (Å²) in [6.07, 6.45) is -6.70. The van der Waals surface area contributed by atoms with Gasteiger partial charge in [0.25, 0.3) is 0 Å². The smallest absolute Gasteiger partial charge is 0.251 e. The maximum atomic E-state index is 12.0. The summed E-state index contributed by atoms with van der Waals surface area (Å²) in [5.41, 5.74) is -1.77. The van der Waals surface area contributed by atoms with Gasteiger partial charge in [0.2, 0.25) is 0 Å². The number of alkyl halides is 3. The predicted molar refractivity (Wildman–Crippen MR) is 36.0 cm³/mol. The summed E-state index contributed by atoms with van der Waals surface area (Å²) < 4.78 is 59.7. The van der Waals surface area contributed by atoms with E-state index in [4.69, 9.17) is 0 Å². The Balaban J connectivity index is 3.06. The first-order valence-electron chi connectivity index (χ1n) is 3.27. The predicted octanol–water partition coefficient (Wildman–Crippen LogP) is 3.48. The molecule has 0 aliphatic carbocycles. The fourth-order valence-corrected chi connectivity index (χ4v) is 0.813. The molecule has 0 N–H and O–H groups in total. The maximum Gasteiger partial charge on any atom is 0.405 e. The normalized spacial score (nSPS) is 11.5. The van der Waals surface area contributed by atoms with Gasteiger partial charge in [0.15, 0.2) is 6.43 Å². The number of hydrogen-bond acceptors (Lipinski definition) is 0. The van der Waals surface area contributed by atoms with Gasteiger partial charge in [0.05, 0.1) is 0 Å². The van der Waals surface area contributed by atoms with Gasteiger partial charge in [-0.2, -0.15) is 19.2 Å². The molecule has 0 saturated carbocycles. The zero-order valence-corrected chi connectivity index (χ0v) is 6.20. The van der Waals surface area contributed by atoms with Crippen molar-refractivity contribution in [3.05, 3.63) is 41.8 Å². The molecule has 0 spiro atoms. The Labute approximate surface area is 71.0 Å². The second kappa shape index (κ2) is 3.24. The van der Waals surface area contributed by atoms with Crippen LogP contribution in [0.15, 0.2) is 24.3 Å². The molecule has 0 heterocycles. The Kier molecular flexibility index (Phi) is 2.45. The Morgan fingerprint density at radius 2 is 1.69 bits per heavy atom. The molecule has 13 heavy (non-hydrogen) atoms. The second-order valence-electron chi connectivity index (χ2n) is 2.34. The molecule has 0 bridgehead atoms. The largest absolute Gasteiger partial charge is 0.405 e. The van der Waals surface area contributed by atoms with Crippen LogP contribution in [0.5, 0.6) is 0 Å². The van der Waals surface area contributed by atoms with Crippen molar-refractivity contribution in [2.75, 3.05) is 0 Å². The summed E-state index contributed by atoms with van der Waals surface area (Å²) in [7, 11) is 0. The van der Waals surface area contributed by atoms with Crippen molar-refractivity contribution in [3.63, 3.8) is 0 Å². The third kappa shape index (κ3) is 2.34. The first kappa shape index (κ1) is 9.83. The number of rotatable bonds is 1. The van der Waals surface area contributed by atoms with Gasteiger partial charge < -0.3 is 0 Å². The van der Waals surface area contributed by atoms with Gasteiger partial charge in [-0.05, 0) is 5.56 Å². The van der Waals surface area contributed by atoms with E-state index in [0.717, 1.165) is 18.2 Å². The van der Waals surface area contributed by atoms with Crippen LogP contribution < -0.4 is 0 Å². The van der Waals surface area contributed by atoms with E-state index in [9.17, 15) is 22.0 Å². The average molecular weight is 195 g/mol. The van der Waals surface area contributed by atoms with E-state index in [1.165, 1.54) is 0 Å². The van der Waals surface area contributed by atoms with E-state index in [-0.39, 0.29) is 0 Å². The summed E-state index contributed by atoms with van der Waals surface area (Å²) >= 11 is 0. The highest BCUT2D eigenvalue weighted by Crippen LogP contribution is 2.31. The molecule has 0 aliphatic rings. The Hall–Kier alpha value is -1.26. The van der Waals surface area contributed by atoms with Crippen LogP contribution in [-0.2, 0) is 6.18 Å². The minimum atomic E-state index is -4.58. The lowest BCUT2D eigenvalue weighted by atomic mass is 10.1. The Morgan fingerprint density at radius 3 is 2.15 bits per heavy atom. The quantitative estimate of drug-likeness (QED) is 0.475. The SMILES string of the molecule is F[C-](F)c1cccc(C(F)(F)F)c1.